The molecule has 0 fully saturated rings. The van der Waals surface area contributed by atoms with Gasteiger partial charge in [-0.2, -0.15) is 0 Å². The number of carboxylic acid groups (broad SMARTS) is 1. The SMILES string of the molecule is COc1ccc(C(C)(C)CNC(=O)Cc2ccccc2C(=O)O)cc1. The van der Waals surface area contributed by atoms with Crippen molar-refractivity contribution in [3.63, 3.8) is 0 Å². The first-order valence-electron chi connectivity index (χ1n) is 8.06. The van der Waals surface area contributed by atoms with E-state index in [2.05, 4.69) is 5.32 Å². The van der Waals surface area contributed by atoms with Crippen molar-refractivity contribution in [2.45, 2.75) is 25.7 Å². The molecule has 2 aromatic carbocycles. The van der Waals surface area contributed by atoms with Crippen molar-refractivity contribution in [3.05, 3.63) is 65.2 Å². The quantitative estimate of drug-likeness (QED) is 0.812. The Labute approximate surface area is 147 Å². The van der Waals surface area contributed by atoms with Crippen molar-refractivity contribution in [3.8, 4) is 5.75 Å². The van der Waals surface area contributed by atoms with Gasteiger partial charge in [0.05, 0.1) is 19.1 Å². The van der Waals surface area contributed by atoms with Crippen molar-refractivity contribution < 1.29 is 19.4 Å². The summed E-state index contributed by atoms with van der Waals surface area (Å²) in [5, 5.41) is 12.1. The molecule has 25 heavy (non-hydrogen) atoms. The molecule has 2 aromatic rings. The summed E-state index contributed by atoms with van der Waals surface area (Å²) in [6.45, 7) is 4.54. The van der Waals surface area contributed by atoms with Crippen LogP contribution < -0.4 is 10.1 Å². The maximum absolute atomic E-state index is 12.2. The highest BCUT2D eigenvalue weighted by atomic mass is 16.5. The van der Waals surface area contributed by atoms with Crippen molar-refractivity contribution in [2.24, 2.45) is 0 Å². The van der Waals surface area contributed by atoms with E-state index in [1.807, 2.05) is 38.1 Å². The highest BCUT2D eigenvalue weighted by molar-refractivity contribution is 5.91. The van der Waals surface area contributed by atoms with Gasteiger partial charge in [-0.3, -0.25) is 4.79 Å². The fourth-order valence-electron chi connectivity index (χ4n) is 2.58. The van der Waals surface area contributed by atoms with Gasteiger partial charge < -0.3 is 15.2 Å². The molecule has 5 heteroatoms. The number of rotatable bonds is 7. The van der Waals surface area contributed by atoms with Crippen LogP contribution in [0.5, 0.6) is 5.75 Å². The summed E-state index contributed by atoms with van der Waals surface area (Å²) in [4.78, 5) is 23.5. The predicted molar refractivity (Wildman–Crippen MR) is 96.1 cm³/mol. The largest absolute Gasteiger partial charge is 0.497 e. The zero-order valence-electron chi connectivity index (χ0n) is 14.7. The molecule has 1 amide bonds. The van der Waals surface area contributed by atoms with Crippen LogP contribution in [0.15, 0.2) is 48.5 Å². The van der Waals surface area contributed by atoms with Crippen LogP contribution in [0.25, 0.3) is 0 Å². The second-order valence-corrected chi connectivity index (χ2v) is 6.53. The number of hydrogen-bond donors (Lipinski definition) is 2. The summed E-state index contributed by atoms with van der Waals surface area (Å²) >= 11 is 0. The van der Waals surface area contributed by atoms with Crippen LogP contribution in [0.3, 0.4) is 0 Å². The number of carboxylic acids is 1. The van der Waals surface area contributed by atoms with E-state index in [4.69, 9.17) is 4.74 Å². The summed E-state index contributed by atoms with van der Waals surface area (Å²) in [7, 11) is 1.62. The maximum atomic E-state index is 12.2. The number of aromatic carboxylic acids is 1. The van der Waals surface area contributed by atoms with Gasteiger partial charge >= 0.3 is 5.97 Å². The van der Waals surface area contributed by atoms with Crippen molar-refractivity contribution >= 4 is 11.9 Å². The molecule has 5 nitrogen and oxygen atoms in total. The van der Waals surface area contributed by atoms with Gasteiger partial charge in [-0.15, -0.1) is 0 Å². The zero-order chi connectivity index (χ0) is 18.4. The Hall–Kier alpha value is -2.82. The Morgan fingerprint density at radius 3 is 2.32 bits per heavy atom. The Kier molecular flexibility index (Phi) is 5.80. The minimum absolute atomic E-state index is 0.0428. The Morgan fingerprint density at radius 2 is 1.72 bits per heavy atom. The molecule has 2 N–H and O–H groups in total. The molecule has 0 unspecified atom stereocenters. The lowest BCUT2D eigenvalue weighted by Gasteiger charge is -2.26. The highest BCUT2D eigenvalue weighted by Crippen LogP contribution is 2.24. The number of hydrogen-bond acceptors (Lipinski definition) is 3. The molecule has 0 atom stereocenters. The predicted octanol–water partition coefficient (Wildman–Crippen LogP) is 3.03. The van der Waals surface area contributed by atoms with Gasteiger partial charge in [-0.25, -0.2) is 4.79 Å². The fraction of sp³-hybridized carbons (Fsp3) is 0.300. The number of nitrogens with one attached hydrogen (secondary N) is 1. The Morgan fingerprint density at radius 1 is 1.08 bits per heavy atom. The lowest BCUT2D eigenvalue weighted by atomic mass is 9.84. The Bertz CT molecular complexity index is 751. The van der Waals surface area contributed by atoms with Crippen LogP contribution in [0.1, 0.15) is 35.3 Å². The number of benzene rings is 2. The number of carbonyl (C=O) groups excluding carboxylic acids is 1. The minimum atomic E-state index is -1.03. The number of carbonyl (C=O) groups is 2. The molecule has 0 radical (unpaired) electrons. The first-order chi connectivity index (χ1) is 11.8. The molecule has 0 bridgehead atoms. The average molecular weight is 341 g/mol. The molecule has 0 aromatic heterocycles. The molecular formula is C20H23NO4. The minimum Gasteiger partial charge on any atom is -0.497 e. The molecule has 0 saturated carbocycles. The second-order valence-electron chi connectivity index (χ2n) is 6.53. The van der Waals surface area contributed by atoms with Gasteiger partial charge in [-0.1, -0.05) is 44.2 Å². The molecule has 0 aliphatic carbocycles. The zero-order valence-corrected chi connectivity index (χ0v) is 14.7. The summed E-state index contributed by atoms with van der Waals surface area (Å²) in [5.41, 5.74) is 1.50. The van der Waals surface area contributed by atoms with E-state index in [0.717, 1.165) is 11.3 Å². The van der Waals surface area contributed by atoms with Gasteiger partial charge in [0, 0.05) is 12.0 Å². The van der Waals surface area contributed by atoms with Crippen molar-refractivity contribution in [1.82, 2.24) is 5.32 Å². The lowest BCUT2D eigenvalue weighted by Crippen LogP contribution is -2.37. The molecule has 132 valence electrons. The third-order valence-corrected chi connectivity index (χ3v) is 4.20. The van der Waals surface area contributed by atoms with Gasteiger partial charge in [0.1, 0.15) is 5.75 Å². The first kappa shape index (κ1) is 18.5. The number of amides is 1. The molecule has 0 spiro atoms. The van der Waals surface area contributed by atoms with E-state index in [9.17, 15) is 14.7 Å². The molecule has 0 saturated heterocycles. The van der Waals surface area contributed by atoms with Crippen LogP contribution in [-0.2, 0) is 16.6 Å². The molecule has 0 aliphatic heterocycles. The van der Waals surface area contributed by atoms with Gasteiger partial charge in [0.25, 0.3) is 0 Å². The molecule has 0 aliphatic rings. The molecule has 2 rings (SSSR count). The molecule has 0 heterocycles. The van der Waals surface area contributed by atoms with Gasteiger partial charge in [-0.05, 0) is 29.3 Å². The number of ether oxygens (including phenoxy) is 1. The van der Waals surface area contributed by atoms with E-state index in [1.165, 1.54) is 6.07 Å². The van der Waals surface area contributed by atoms with Crippen LogP contribution in [-0.4, -0.2) is 30.6 Å². The van der Waals surface area contributed by atoms with Crippen molar-refractivity contribution in [1.29, 1.82) is 0 Å². The van der Waals surface area contributed by atoms with E-state index in [1.54, 1.807) is 25.3 Å². The maximum Gasteiger partial charge on any atom is 0.335 e. The van der Waals surface area contributed by atoms with Crippen LogP contribution in [0.2, 0.25) is 0 Å². The third kappa shape index (κ3) is 4.83. The van der Waals surface area contributed by atoms with E-state index in [-0.39, 0.29) is 23.3 Å². The first-order valence-corrected chi connectivity index (χ1v) is 8.06. The standard InChI is InChI=1S/C20H23NO4/c1-20(2,15-8-10-16(25-3)11-9-15)13-21-18(22)12-14-6-4-5-7-17(14)19(23)24/h4-11H,12-13H2,1-3H3,(H,21,22)(H,23,24). The summed E-state index contributed by atoms with van der Waals surface area (Å²) in [6.07, 6.45) is 0.0428. The number of methoxy groups -OCH3 is 1. The Balaban J connectivity index is 2.00. The van der Waals surface area contributed by atoms with Crippen LogP contribution in [0.4, 0.5) is 0 Å². The fourth-order valence-corrected chi connectivity index (χ4v) is 2.58. The van der Waals surface area contributed by atoms with Crippen LogP contribution >= 0.6 is 0 Å². The second kappa shape index (κ2) is 7.83. The highest BCUT2D eigenvalue weighted by Gasteiger charge is 2.22. The van der Waals surface area contributed by atoms with Crippen molar-refractivity contribution in [2.75, 3.05) is 13.7 Å². The van der Waals surface area contributed by atoms with Crippen LogP contribution in [0, 0.1) is 0 Å². The lowest BCUT2D eigenvalue weighted by molar-refractivity contribution is -0.120. The smallest absolute Gasteiger partial charge is 0.335 e. The third-order valence-electron chi connectivity index (χ3n) is 4.20. The monoisotopic (exact) mass is 341 g/mol. The van der Waals surface area contributed by atoms with E-state index < -0.39 is 5.97 Å². The van der Waals surface area contributed by atoms with E-state index in [0.29, 0.717) is 12.1 Å². The molecular weight excluding hydrogens is 318 g/mol. The van der Waals surface area contributed by atoms with E-state index >= 15 is 0 Å². The average Bonchev–Trinajstić information content (AvgIpc) is 2.60. The summed E-state index contributed by atoms with van der Waals surface area (Å²) in [5.74, 6) is -0.439. The topological polar surface area (TPSA) is 75.6 Å². The van der Waals surface area contributed by atoms with Gasteiger partial charge in [0.15, 0.2) is 0 Å². The van der Waals surface area contributed by atoms with Gasteiger partial charge in [0.2, 0.25) is 5.91 Å². The normalized spacial score (nSPS) is 11.0. The summed E-state index contributed by atoms with van der Waals surface area (Å²) in [6, 6.07) is 14.3. The summed E-state index contributed by atoms with van der Waals surface area (Å²) < 4.78 is 5.16.